The first-order valence-electron chi connectivity index (χ1n) is 12.4. The molecule has 0 bridgehead atoms. The van der Waals surface area contributed by atoms with Gasteiger partial charge >= 0.3 is 0 Å². The number of anilines is 1. The van der Waals surface area contributed by atoms with Crippen LogP contribution in [0.4, 0.5) is 5.69 Å². The molecule has 3 N–H and O–H groups in total. The lowest BCUT2D eigenvalue weighted by Gasteiger charge is -2.31. The number of fused-ring (bicyclic) bond motifs is 2. The van der Waals surface area contributed by atoms with Gasteiger partial charge in [-0.15, -0.1) is 0 Å². The van der Waals surface area contributed by atoms with E-state index in [0.29, 0.717) is 35.2 Å². The Morgan fingerprint density at radius 3 is 2.66 bits per heavy atom. The van der Waals surface area contributed by atoms with Crippen molar-refractivity contribution in [3.05, 3.63) is 69.8 Å². The summed E-state index contributed by atoms with van der Waals surface area (Å²) in [5.74, 6) is 0.267. The molecule has 1 atom stereocenters. The summed E-state index contributed by atoms with van der Waals surface area (Å²) in [6.07, 6.45) is 5.73. The van der Waals surface area contributed by atoms with Crippen LogP contribution in [-0.2, 0) is 24.3 Å². The summed E-state index contributed by atoms with van der Waals surface area (Å²) in [5, 5.41) is 3.49. The van der Waals surface area contributed by atoms with Gasteiger partial charge in [0.2, 0.25) is 5.91 Å². The third-order valence-corrected chi connectivity index (χ3v) is 7.10. The Hall–Kier alpha value is -3.52. The van der Waals surface area contributed by atoms with Crippen molar-refractivity contribution < 1.29 is 9.59 Å². The molecule has 2 aliphatic rings. The van der Waals surface area contributed by atoms with E-state index in [0.717, 1.165) is 63.0 Å². The fraction of sp³-hybridized carbons (Fsp3) is 0.407. The molecule has 1 unspecified atom stereocenters. The smallest absolute Gasteiger partial charge is 0.261 e. The molecule has 2 amide bonds. The van der Waals surface area contributed by atoms with Gasteiger partial charge in [-0.05, 0) is 68.1 Å². The van der Waals surface area contributed by atoms with Crippen LogP contribution in [0.15, 0.2) is 47.3 Å². The monoisotopic (exact) mass is 473 g/mol. The SMILES string of the molecule is NC(=O)C1CCCN(Cc2ccc(NC(=O)c3ccc4c(=O)n5c(nc4c3)CCCCC5)cc2)C1. The molecular weight excluding hydrogens is 442 g/mol. The summed E-state index contributed by atoms with van der Waals surface area (Å²) < 4.78 is 1.79. The number of hydrogen-bond acceptors (Lipinski definition) is 5. The van der Waals surface area contributed by atoms with Crippen molar-refractivity contribution in [1.29, 1.82) is 0 Å². The summed E-state index contributed by atoms with van der Waals surface area (Å²) in [7, 11) is 0. The molecule has 1 aromatic heterocycles. The number of aryl methyl sites for hydroxylation is 1. The number of rotatable bonds is 5. The molecule has 2 aromatic carbocycles. The van der Waals surface area contributed by atoms with Gasteiger partial charge in [0.05, 0.1) is 16.8 Å². The number of carbonyl (C=O) groups is 2. The zero-order valence-corrected chi connectivity index (χ0v) is 19.8. The lowest BCUT2D eigenvalue weighted by Crippen LogP contribution is -2.40. The van der Waals surface area contributed by atoms with Crippen molar-refractivity contribution in [3.8, 4) is 0 Å². The number of likely N-dealkylation sites (tertiary alicyclic amines) is 1. The lowest BCUT2D eigenvalue weighted by atomic mass is 9.97. The van der Waals surface area contributed by atoms with Gasteiger partial charge in [0.25, 0.3) is 11.5 Å². The number of nitrogens with zero attached hydrogens (tertiary/aromatic N) is 3. The third kappa shape index (κ3) is 5.12. The van der Waals surface area contributed by atoms with Gasteiger partial charge in [0, 0.05) is 37.3 Å². The van der Waals surface area contributed by atoms with Crippen molar-refractivity contribution in [2.45, 2.75) is 51.6 Å². The summed E-state index contributed by atoms with van der Waals surface area (Å²) in [6, 6.07) is 12.8. The summed E-state index contributed by atoms with van der Waals surface area (Å²) in [5.41, 5.74) is 8.32. The second kappa shape index (κ2) is 10.00. The normalized spacial score (nSPS) is 18.6. The molecule has 8 nitrogen and oxygen atoms in total. The van der Waals surface area contributed by atoms with Gasteiger partial charge in [0.1, 0.15) is 5.82 Å². The van der Waals surface area contributed by atoms with Crippen LogP contribution in [0, 0.1) is 5.92 Å². The molecular formula is C27H31N5O3. The molecule has 182 valence electrons. The van der Waals surface area contributed by atoms with Gasteiger partial charge in [-0.1, -0.05) is 18.6 Å². The number of piperidine rings is 1. The van der Waals surface area contributed by atoms with Crippen molar-refractivity contribution in [2.75, 3.05) is 18.4 Å². The van der Waals surface area contributed by atoms with E-state index in [-0.39, 0.29) is 23.3 Å². The highest BCUT2D eigenvalue weighted by molar-refractivity contribution is 6.06. The molecule has 8 heteroatoms. The highest BCUT2D eigenvalue weighted by Gasteiger charge is 2.24. The van der Waals surface area contributed by atoms with Gasteiger partial charge in [-0.2, -0.15) is 0 Å². The maximum Gasteiger partial charge on any atom is 0.261 e. The van der Waals surface area contributed by atoms with Crippen LogP contribution in [0.1, 0.15) is 53.8 Å². The van der Waals surface area contributed by atoms with Gasteiger partial charge in [-0.3, -0.25) is 23.9 Å². The van der Waals surface area contributed by atoms with E-state index in [4.69, 9.17) is 10.7 Å². The second-order valence-electron chi connectivity index (χ2n) is 9.66. The Balaban J connectivity index is 1.27. The van der Waals surface area contributed by atoms with Crippen LogP contribution >= 0.6 is 0 Å². The molecule has 5 rings (SSSR count). The topological polar surface area (TPSA) is 110 Å². The van der Waals surface area contributed by atoms with E-state index in [2.05, 4.69) is 10.2 Å². The lowest BCUT2D eigenvalue weighted by molar-refractivity contribution is -0.123. The first-order valence-corrected chi connectivity index (χ1v) is 12.4. The zero-order valence-electron chi connectivity index (χ0n) is 19.8. The summed E-state index contributed by atoms with van der Waals surface area (Å²) >= 11 is 0. The Labute approximate surface area is 204 Å². The van der Waals surface area contributed by atoms with Crippen LogP contribution in [0.25, 0.3) is 10.9 Å². The van der Waals surface area contributed by atoms with Crippen LogP contribution in [0.5, 0.6) is 0 Å². The van der Waals surface area contributed by atoms with Crippen LogP contribution in [0.3, 0.4) is 0 Å². The van der Waals surface area contributed by atoms with Crippen molar-refractivity contribution in [1.82, 2.24) is 14.5 Å². The third-order valence-electron chi connectivity index (χ3n) is 7.10. The minimum atomic E-state index is -0.239. The summed E-state index contributed by atoms with van der Waals surface area (Å²) in [4.78, 5) is 44.3. The van der Waals surface area contributed by atoms with E-state index in [1.807, 2.05) is 24.3 Å². The molecule has 35 heavy (non-hydrogen) atoms. The Morgan fingerprint density at radius 2 is 1.86 bits per heavy atom. The van der Waals surface area contributed by atoms with E-state index in [1.165, 1.54) is 0 Å². The molecule has 3 heterocycles. The first kappa shape index (κ1) is 23.2. The molecule has 2 aliphatic heterocycles. The number of hydrogen-bond donors (Lipinski definition) is 2. The number of amides is 2. The minimum Gasteiger partial charge on any atom is -0.369 e. The van der Waals surface area contributed by atoms with Crippen LogP contribution < -0.4 is 16.6 Å². The molecule has 0 radical (unpaired) electrons. The molecule has 0 aliphatic carbocycles. The molecule has 3 aromatic rings. The molecule has 1 saturated heterocycles. The first-order chi connectivity index (χ1) is 17.0. The zero-order chi connectivity index (χ0) is 24.4. The molecule has 1 fully saturated rings. The van der Waals surface area contributed by atoms with E-state index < -0.39 is 0 Å². The maximum absolute atomic E-state index is 12.9. The van der Waals surface area contributed by atoms with Gasteiger partial charge in [-0.25, -0.2) is 4.98 Å². The number of primary amides is 1. The highest BCUT2D eigenvalue weighted by Crippen LogP contribution is 2.20. The Kier molecular flexibility index (Phi) is 6.63. The summed E-state index contributed by atoms with van der Waals surface area (Å²) in [6.45, 7) is 3.09. The Bertz CT molecular complexity index is 1310. The highest BCUT2D eigenvalue weighted by atomic mass is 16.2. The fourth-order valence-electron chi connectivity index (χ4n) is 5.15. The fourth-order valence-corrected chi connectivity index (χ4v) is 5.15. The van der Waals surface area contributed by atoms with Gasteiger partial charge < -0.3 is 11.1 Å². The van der Waals surface area contributed by atoms with E-state index >= 15 is 0 Å². The number of benzene rings is 2. The average Bonchev–Trinajstić information content (AvgIpc) is 3.11. The van der Waals surface area contributed by atoms with Gasteiger partial charge in [0.15, 0.2) is 0 Å². The number of carbonyl (C=O) groups excluding carboxylic acids is 2. The Morgan fingerprint density at radius 1 is 1.03 bits per heavy atom. The molecule has 0 saturated carbocycles. The largest absolute Gasteiger partial charge is 0.369 e. The van der Waals surface area contributed by atoms with Crippen LogP contribution in [-0.4, -0.2) is 39.4 Å². The second-order valence-corrected chi connectivity index (χ2v) is 9.66. The quantitative estimate of drug-likeness (QED) is 0.592. The van der Waals surface area contributed by atoms with Crippen molar-refractivity contribution in [3.63, 3.8) is 0 Å². The predicted octanol–water partition coefficient (Wildman–Crippen LogP) is 3.07. The van der Waals surface area contributed by atoms with Crippen LogP contribution in [0.2, 0.25) is 0 Å². The average molecular weight is 474 g/mol. The van der Waals surface area contributed by atoms with E-state index in [1.54, 1.807) is 22.8 Å². The van der Waals surface area contributed by atoms with E-state index in [9.17, 15) is 14.4 Å². The molecule has 0 spiro atoms. The standard InChI is InChI=1S/C27H31N5O3/c28-25(33)20-5-4-13-31(17-20)16-18-7-10-21(11-8-18)29-26(34)19-9-12-22-23(15-19)30-24-6-2-1-3-14-32(24)27(22)35/h7-12,15,20H,1-6,13-14,16-17H2,(H2,28,33)(H,29,34). The van der Waals surface area contributed by atoms with Crippen molar-refractivity contribution in [2.24, 2.45) is 11.7 Å². The minimum absolute atomic E-state index is 0.0229. The maximum atomic E-state index is 12.9. The van der Waals surface area contributed by atoms with Crippen molar-refractivity contribution >= 4 is 28.4 Å². The number of nitrogens with two attached hydrogens (primary N) is 1. The number of aromatic nitrogens is 2. The predicted molar refractivity (Wildman–Crippen MR) is 135 cm³/mol. The number of nitrogens with one attached hydrogen (secondary N) is 1.